The molecule has 5 heteroatoms. The van der Waals surface area contributed by atoms with Gasteiger partial charge in [0.2, 0.25) is 0 Å². The Morgan fingerprint density at radius 2 is 1.92 bits per heavy atom. The van der Waals surface area contributed by atoms with Crippen LogP contribution < -0.4 is 10.6 Å². The second-order valence-electron chi connectivity index (χ2n) is 6.16. The number of H-pyrrole nitrogens is 1. The van der Waals surface area contributed by atoms with Crippen LogP contribution in [0.3, 0.4) is 0 Å². The van der Waals surface area contributed by atoms with Gasteiger partial charge in [0.1, 0.15) is 0 Å². The van der Waals surface area contributed by atoms with Gasteiger partial charge < -0.3 is 20.7 Å². The Hall–Kier alpha value is -2.01. The van der Waals surface area contributed by atoms with Crippen LogP contribution in [-0.4, -0.2) is 41.3 Å². The molecule has 0 atom stereocenters. The molecule has 4 N–H and O–H groups in total. The summed E-state index contributed by atoms with van der Waals surface area (Å²) in [5.41, 5.74) is 1.76. The molecule has 0 fully saturated rings. The summed E-state index contributed by atoms with van der Waals surface area (Å²) in [6.45, 7) is 8.05. The maximum absolute atomic E-state index is 10.4. The number of aliphatic imine (C=N–C) groups is 1. The lowest BCUT2D eigenvalue weighted by Crippen LogP contribution is -2.40. The molecule has 24 heavy (non-hydrogen) atoms. The lowest BCUT2D eigenvalue weighted by Gasteiger charge is -2.23. The molecule has 0 bridgehead atoms. The van der Waals surface area contributed by atoms with Crippen molar-refractivity contribution < 1.29 is 5.11 Å². The third-order valence-corrected chi connectivity index (χ3v) is 4.55. The molecule has 0 aliphatic heterocycles. The number of para-hydroxylation sites is 1. The Bertz CT molecular complexity index is 658. The number of nitrogens with one attached hydrogen (secondary N) is 3. The number of guanidine groups is 1. The molecule has 1 heterocycles. The van der Waals surface area contributed by atoms with E-state index in [-0.39, 0.29) is 0 Å². The molecule has 0 unspecified atom stereocenters. The SMILES string of the molecule is CCNC(=NCC(O)(CC)CC)NCCc1c[nH]c2ccccc12. The minimum absolute atomic E-state index is 0.419. The number of aliphatic hydroxyl groups is 1. The van der Waals surface area contributed by atoms with Crippen molar-refractivity contribution in [2.75, 3.05) is 19.6 Å². The highest BCUT2D eigenvalue weighted by Gasteiger charge is 2.21. The standard InChI is InChI=1S/C19H30N4O/c1-4-19(24,5-2)14-23-18(20-6-3)21-12-11-15-13-22-17-10-8-7-9-16(15)17/h7-10,13,22,24H,4-6,11-12,14H2,1-3H3,(H2,20,21,23). The van der Waals surface area contributed by atoms with E-state index >= 15 is 0 Å². The van der Waals surface area contributed by atoms with E-state index in [4.69, 9.17) is 0 Å². The maximum atomic E-state index is 10.4. The number of aromatic amines is 1. The zero-order chi connectivity index (χ0) is 17.4. The summed E-state index contributed by atoms with van der Waals surface area (Å²) >= 11 is 0. The van der Waals surface area contributed by atoms with Gasteiger partial charge in [-0.05, 0) is 37.8 Å². The molecule has 1 aromatic heterocycles. The lowest BCUT2D eigenvalue weighted by molar-refractivity contribution is 0.0418. The van der Waals surface area contributed by atoms with Gasteiger partial charge in [-0.25, -0.2) is 0 Å². The molecule has 0 radical (unpaired) electrons. The summed E-state index contributed by atoms with van der Waals surface area (Å²) in [5.74, 6) is 0.762. The fourth-order valence-corrected chi connectivity index (χ4v) is 2.70. The van der Waals surface area contributed by atoms with Crippen molar-refractivity contribution in [1.82, 2.24) is 15.6 Å². The van der Waals surface area contributed by atoms with Crippen LogP contribution in [0.5, 0.6) is 0 Å². The summed E-state index contributed by atoms with van der Waals surface area (Å²) in [5, 5.41) is 18.2. The van der Waals surface area contributed by atoms with Crippen LogP contribution in [0.15, 0.2) is 35.5 Å². The van der Waals surface area contributed by atoms with Crippen LogP contribution in [0, 0.1) is 0 Å². The van der Waals surface area contributed by atoms with Gasteiger partial charge in [-0.15, -0.1) is 0 Å². The van der Waals surface area contributed by atoms with E-state index < -0.39 is 5.60 Å². The number of hydrogen-bond donors (Lipinski definition) is 4. The Labute approximate surface area is 144 Å². The average molecular weight is 330 g/mol. The third-order valence-electron chi connectivity index (χ3n) is 4.55. The Morgan fingerprint density at radius 1 is 1.17 bits per heavy atom. The lowest BCUT2D eigenvalue weighted by atomic mass is 9.98. The topological polar surface area (TPSA) is 72.4 Å². The molecule has 132 valence electrons. The highest BCUT2D eigenvalue weighted by atomic mass is 16.3. The van der Waals surface area contributed by atoms with Crippen molar-refractivity contribution in [3.05, 3.63) is 36.0 Å². The average Bonchev–Trinajstić information content (AvgIpc) is 3.03. The largest absolute Gasteiger partial charge is 0.388 e. The Kier molecular flexibility index (Phi) is 6.67. The highest BCUT2D eigenvalue weighted by molar-refractivity contribution is 5.83. The minimum Gasteiger partial charge on any atom is -0.388 e. The number of aromatic nitrogens is 1. The minimum atomic E-state index is -0.709. The fraction of sp³-hybridized carbons (Fsp3) is 0.526. The molecular weight excluding hydrogens is 300 g/mol. The second-order valence-corrected chi connectivity index (χ2v) is 6.16. The zero-order valence-corrected chi connectivity index (χ0v) is 15.0. The number of hydrogen-bond acceptors (Lipinski definition) is 2. The Morgan fingerprint density at radius 3 is 2.62 bits per heavy atom. The zero-order valence-electron chi connectivity index (χ0n) is 15.0. The van der Waals surface area contributed by atoms with E-state index in [0.29, 0.717) is 19.4 Å². The molecule has 0 spiro atoms. The van der Waals surface area contributed by atoms with Gasteiger partial charge in [-0.3, -0.25) is 4.99 Å². The molecular formula is C19H30N4O. The highest BCUT2D eigenvalue weighted by Crippen LogP contribution is 2.17. The number of benzene rings is 1. The van der Waals surface area contributed by atoms with Crippen molar-refractivity contribution in [3.8, 4) is 0 Å². The van der Waals surface area contributed by atoms with Crippen LogP contribution in [0.25, 0.3) is 10.9 Å². The molecule has 2 rings (SSSR count). The normalized spacial score (nSPS) is 12.6. The van der Waals surface area contributed by atoms with Gasteiger partial charge in [0.25, 0.3) is 0 Å². The number of fused-ring (bicyclic) bond motifs is 1. The monoisotopic (exact) mass is 330 g/mol. The van der Waals surface area contributed by atoms with E-state index in [2.05, 4.69) is 45.0 Å². The molecule has 0 aliphatic rings. The first kappa shape index (κ1) is 18.3. The predicted octanol–water partition coefficient (Wildman–Crippen LogP) is 2.82. The van der Waals surface area contributed by atoms with Gasteiger partial charge in [0, 0.05) is 30.2 Å². The first-order valence-electron chi connectivity index (χ1n) is 8.91. The first-order chi connectivity index (χ1) is 11.6. The molecule has 0 aliphatic carbocycles. The Balaban J connectivity index is 1.93. The summed E-state index contributed by atoms with van der Waals surface area (Å²) < 4.78 is 0. The van der Waals surface area contributed by atoms with Gasteiger partial charge in [0.15, 0.2) is 5.96 Å². The maximum Gasteiger partial charge on any atom is 0.191 e. The molecule has 5 nitrogen and oxygen atoms in total. The third kappa shape index (κ3) is 4.74. The quantitative estimate of drug-likeness (QED) is 0.444. The van der Waals surface area contributed by atoms with Crippen LogP contribution in [0.2, 0.25) is 0 Å². The first-order valence-corrected chi connectivity index (χ1v) is 8.91. The van der Waals surface area contributed by atoms with E-state index in [1.165, 1.54) is 16.5 Å². The summed E-state index contributed by atoms with van der Waals surface area (Å²) in [7, 11) is 0. The number of nitrogens with zero attached hydrogens (tertiary/aromatic N) is 1. The molecule has 2 aromatic rings. The molecule has 0 amide bonds. The van der Waals surface area contributed by atoms with Gasteiger partial charge in [0.05, 0.1) is 12.1 Å². The van der Waals surface area contributed by atoms with Crippen molar-refractivity contribution in [1.29, 1.82) is 0 Å². The summed E-state index contributed by atoms with van der Waals surface area (Å²) in [6.07, 6.45) is 4.41. The molecule has 1 aromatic carbocycles. The fourth-order valence-electron chi connectivity index (χ4n) is 2.70. The smallest absolute Gasteiger partial charge is 0.191 e. The van der Waals surface area contributed by atoms with Crippen molar-refractivity contribution >= 4 is 16.9 Å². The predicted molar refractivity (Wildman–Crippen MR) is 102 cm³/mol. The molecule has 0 saturated heterocycles. The van der Waals surface area contributed by atoms with Crippen molar-refractivity contribution in [3.63, 3.8) is 0 Å². The second kappa shape index (κ2) is 8.73. The van der Waals surface area contributed by atoms with Gasteiger partial charge in [-0.1, -0.05) is 32.0 Å². The van der Waals surface area contributed by atoms with Crippen molar-refractivity contribution in [2.24, 2.45) is 4.99 Å². The van der Waals surface area contributed by atoms with E-state index in [1.807, 2.05) is 26.8 Å². The van der Waals surface area contributed by atoms with Gasteiger partial charge in [-0.2, -0.15) is 0 Å². The van der Waals surface area contributed by atoms with Crippen LogP contribution in [-0.2, 0) is 6.42 Å². The summed E-state index contributed by atoms with van der Waals surface area (Å²) in [6, 6.07) is 8.34. The van der Waals surface area contributed by atoms with E-state index in [1.54, 1.807) is 0 Å². The number of rotatable bonds is 8. The molecule has 0 saturated carbocycles. The summed E-state index contributed by atoms with van der Waals surface area (Å²) in [4.78, 5) is 7.85. The van der Waals surface area contributed by atoms with Crippen LogP contribution >= 0.6 is 0 Å². The van der Waals surface area contributed by atoms with Crippen LogP contribution in [0.1, 0.15) is 39.2 Å². The van der Waals surface area contributed by atoms with Crippen LogP contribution in [0.4, 0.5) is 0 Å². The van der Waals surface area contributed by atoms with E-state index in [9.17, 15) is 5.11 Å². The van der Waals surface area contributed by atoms with E-state index in [0.717, 1.165) is 25.5 Å². The van der Waals surface area contributed by atoms with Gasteiger partial charge >= 0.3 is 0 Å². The van der Waals surface area contributed by atoms with Crippen molar-refractivity contribution in [2.45, 2.75) is 45.6 Å².